The van der Waals surface area contributed by atoms with E-state index >= 15 is 0 Å². The summed E-state index contributed by atoms with van der Waals surface area (Å²) in [5, 5.41) is 0. The molecule has 104 valence electrons. The molecule has 0 saturated heterocycles. The van der Waals surface area contributed by atoms with E-state index < -0.39 is 0 Å². The van der Waals surface area contributed by atoms with Crippen LogP contribution in [0.5, 0.6) is 11.5 Å². The summed E-state index contributed by atoms with van der Waals surface area (Å²) < 4.78 is 11.9. The molecule has 0 bridgehead atoms. The van der Waals surface area contributed by atoms with Crippen LogP contribution in [0.4, 0.5) is 0 Å². The molecule has 1 spiro atoms. The van der Waals surface area contributed by atoms with Crippen LogP contribution >= 0.6 is 0 Å². The Morgan fingerprint density at radius 1 is 1.32 bits per heavy atom. The van der Waals surface area contributed by atoms with Gasteiger partial charge in [-0.15, -0.1) is 0 Å². The fraction of sp³-hybridized carbons (Fsp3) is 0.625. The zero-order valence-corrected chi connectivity index (χ0v) is 11.7. The second-order valence-corrected chi connectivity index (χ2v) is 5.79. The van der Waals surface area contributed by atoms with Crippen LogP contribution < -0.4 is 15.2 Å². The number of benzene rings is 1. The van der Waals surface area contributed by atoms with Crippen LogP contribution in [-0.2, 0) is 0 Å². The molecular weight excluding hydrogens is 238 g/mol. The van der Waals surface area contributed by atoms with Crippen LogP contribution in [0.3, 0.4) is 0 Å². The van der Waals surface area contributed by atoms with E-state index in [9.17, 15) is 0 Å². The first kappa shape index (κ1) is 12.8. The quantitative estimate of drug-likeness (QED) is 0.885. The lowest BCUT2D eigenvalue weighted by molar-refractivity contribution is 0.00182. The van der Waals surface area contributed by atoms with Crippen molar-refractivity contribution in [2.75, 3.05) is 6.61 Å². The monoisotopic (exact) mass is 261 g/mol. The van der Waals surface area contributed by atoms with Gasteiger partial charge in [0.25, 0.3) is 0 Å². The molecule has 0 radical (unpaired) electrons. The SMILES string of the molecule is CCOc1ccc2c(c1)[C@H](N)CC1(CCCCC1)O2. The van der Waals surface area contributed by atoms with Gasteiger partial charge in [-0.3, -0.25) is 0 Å². The number of nitrogens with two attached hydrogens (primary N) is 1. The molecule has 3 nitrogen and oxygen atoms in total. The maximum absolute atomic E-state index is 6.38. The van der Waals surface area contributed by atoms with E-state index in [1.807, 2.05) is 25.1 Å². The fourth-order valence-corrected chi connectivity index (χ4v) is 3.45. The van der Waals surface area contributed by atoms with Gasteiger partial charge < -0.3 is 15.2 Å². The maximum Gasteiger partial charge on any atom is 0.125 e. The van der Waals surface area contributed by atoms with Crippen LogP contribution in [0, 0.1) is 0 Å². The Labute approximate surface area is 115 Å². The molecule has 1 aromatic carbocycles. The summed E-state index contributed by atoms with van der Waals surface area (Å²) in [7, 11) is 0. The van der Waals surface area contributed by atoms with E-state index in [0.29, 0.717) is 6.61 Å². The minimum atomic E-state index is -0.00219. The number of hydrogen-bond acceptors (Lipinski definition) is 3. The predicted octanol–water partition coefficient (Wildman–Crippen LogP) is 3.57. The van der Waals surface area contributed by atoms with Gasteiger partial charge in [-0.2, -0.15) is 0 Å². The highest BCUT2D eigenvalue weighted by Crippen LogP contribution is 2.46. The summed E-state index contributed by atoms with van der Waals surface area (Å²) in [4.78, 5) is 0. The highest BCUT2D eigenvalue weighted by atomic mass is 16.5. The number of fused-ring (bicyclic) bond motifs is 1. The van der Waals surface area contributed by atoms with Gasteiger partial charge in [0.15, 0.2) is 0 Å². The minimum absolute atomic E-state index is 0.00219. The zero-order chi connectivity index (χ0) is 13.3. The first-order valence-corrected chi connectivity index (χ1v) is 7.44. The van der Waals surface area contributed by atoms with E-state index in [1.165, 1.54) is 19.3 Å². The molecule has 19 heavy (non-hydrogen) atoms. The summed E-state index contributed by atoms with van der Waals surface area (Å²) in [5.41, 5.74) is 7.48. The van der Waals surface area contributed by atoms with Gasteiger partial charge in [0.2, 0.25) is 0 Å². The summed E-state index contributed by atoms with van der Waals surface area (Å²) in [6.45, 7) is 2.67. The number of ether oxygens (including phenoxy) is 2. The molecule has 1 atom stereocenters. The lowest BCUT2D eigenvalue weighted by Crippen LogP contribution is -2.44. The third-order valence-corrected chi connectivity index (χ3v) is 4.37. The van der Waals surface area contributed by atoms with Crippen LogP contribution in [0.1, 0.15) is 57.1 Å². The van der Waals surface area contributed by atoms with Crippen molar-refractivity contribution >= 4 is 0 Å². The van der Waals surface area contributed by atoms with Crippen molar-refractivity contribution in [2.45, 2.75) is 57.1 Å². The molecule has 2 aliphatic rings. The summed E-state index contributed by atoms with van der Waals surface area (Å²) in [5.74, 6) is 1.85. The second kappa shape index (κ2) is 5.04. The van der Waals surface area contributed by atoms with E-state index in [-0.39, 0.29) is 11.6 Å². The molecule has 1 aromatic rings. The Bertz CT molecular complexity index is 452. The van der Waals surface area contributed by atoms with Gasteiger partial charge in [-0.1, -0.05) is 6.42 Å². The Hall–Kier alpha value is -1.22. The smallest absolute Gasteiger partial charge is 0.125 e. The Balaban J connectivity index is 1.88. The summed E-state index contributed by atoms with van der Waals surface area (Å²) >= 11 is 0. The molecule has 1 saturated carbocycles. The Kier molecular flexibility index (Phi) is 3.40. The van der Waals surface area contributed by atoms with E-state index in [2.05, 4.69) is 0 Å². The molecule has 0 amide bonds. The predicted molar refractivity (Wildman–Crippen MR) is 75.6 cm³/mol. The van der Waals surface area contributed by atoms with E-state index in [1.54, 1.807) is 0 Å². The molecule has 3 rings (SSSR count). The summed E-state index contributed by atoms with van der Waals surface area (Å²) in [6, 6.07) is 6.12. The standard InChI is InChI=1S/C16H23NO2/c1-2-18-12-6-7-15-13(10-12)14(17)11-16(19-15)8-4-3-5-9-16/h6-7,10,14H,2-5,8-9,11,17H2,1H3/t14-/m1/s1. The molecular formula is C16H23NO2. The van der Waals surface area contributed by atoms with Crippen molar-refractivity contribution in [1.82, 2.24) is 0 Å². The highest BCUT2D eigenvalue weighted by molar-refractivity contribution is 5.44. The molecule has 1 fully saturated rings. The van der Waals surface area contributed by atoms with Gasteiger partial charge in [0.1, 0.15) is 17.1 Å². The van der Waals surface area contributed by atoms with Crippen molar-refractivity contribution in [3.05, 3.63) is 23.8 Å². The maximum atomic E-state index is 6.38. The average molecular weight is 261 g/mol. The third-order valence-electron chi connectivity index (χ3n) is 4.37. The minimum Gasteiger partial charge on any atom is -0.494 e. The summed E-state index contributed by atoms with van der Waals surface area (Å²) in [6.07, 6.45) is 7.09. The number of hydrogen-bond donors (Lipinski definition) is 1. The average Bonchev–Trinajstić information content (AvgIpc) is 2.41. The molecule has 3 heteroatoms. The van der Waals surface area contributed by atoms with Gasteiger partial charge in [0.05, 0.1) is 6.61 Å². The van der Waals surface area contributed by atoms with Gasteiger partial charge in [0, 0.05) is 18.0 Å². The Morgan fingerprint density at radius 2 is 2.11 bits per heavy atom. The van der Waals surface area contributed by atoms with Gasteiger partial charge >= 0.3 is 0 Å². The zero-order valence-electron chi connectivity index (χ0n) is 11.7. The third kappa shape index (κ3) is 2.44. The first-order chi connectivity index (χ1) is 9.22. The van der Waals surface area contributed by atoms with Crippen molar-refractivity contribution in [3.63, 3.8) is 0 Å². The second-order valence-electron chi connectivity index (χ2n) is 5.79. The van der Waals surface area contributed by atoms with Crippen LogP contribution in [-0.4, -0.2) is 12.2 Å². The topological polar surface area (TPSA) is 44.5 Å². The van der Waals surface area contributed by atoms with Crippen molar-refractivity contribution in [3.8, 4) is 11.5 Å². The Morgan fingerprint density at radius 3 is 2.84 bits per heavy atom. The van der Waals surface area contributed by atoms with Gasteiger partial charge in [-0.25, -0.2) is 0 Å². The van der Waals surface area contributed by atoms with Crippen LogP contribution in [0.2, 0.25) is 0 Å². The van der Waals surface area contributed by atoms with Crippen LogP contribution in [0.25, 0.3) is 0 Å². The fourth-order valence-electron chi connectivity index (χ4n) is 3.45. The van der Waals surface area contributed by atoms with Crippen molar-refractivity contribution in [1.29, 1.82) is 0 Å². The van der Waals surface area contributed by atoms with Crippen molar-refractivity contribution in [2.24, 2.45) is 5.73 Å². The van der Waals surface area contributed by atoms with E-state index in [4.69, 9.17) is 15.2 Å². The lowest BCUT2D eigenvalue weighted by atomic mass is 9.77. The largest absolute Gasteiger partial charge is 0.494 e. The number of rotatable bonds is 2. The van der Waals surface area contributed by atoms with Crippen LogP contribution in [0.15, 0.2) is 18.2 Å². The normalized spacial score (nSPS) is 24.6. The highest BCUT2D eigenvalue weighted by Gasteiger charge is 2.40. The molecule has 0 aromatic heterocycles. The van der Waals surface area contributed by atoms with Gasteiger partial charge in [-0.05, 0) is 50.8 Å². The molecule has 2 N–H and O–H groups in total. The molecule has 0 unspecified atom stereocenters. The first-order valence-electron chi connectivity index (χ1n) is 7.44. The molecule has 1 aliphatic heterocycles. The molecule has 1 heterocycles. The molecule has 1 aliphatic carbocycles. The van der Waals surface area contributed by atoms with Crippen molar-refractivity contribution < 1.29 is 9.47 Å². The lowest BCUT2D eigenvalue weighted by Gasteiger charge is -2.43. The van der Waals surface area contributed by atoms with E-state index in [0.717, 1.165) is 36.3 Å².